The Balaban J connectivity index is 1.69. The molecule has 16 heavy (non-hydrogen) atoms. The predicted octanol–water partition coefficient (Wildman–Crippen LogP) is 2.05. The van der Waals surface area contributed by atoms with Crippen LogP contribution < -0.4 is 0 Å². The van der Waals surface area contributed by atoms with Crippen LogP contribution in [0.15, 0.2) is 0 Å². The summed E-state index contributed by atoms with van der Waals surface area (Å²) in [4.78, 5) is 2.56. The first kappa shape index (κ1) is 12.3. The van der Waals surface area contributed by atoms with Crippen LogP contribution in [0, 0.1) is 0 Å². The molecule has 0 N–H and O–H groups in total. The van der Waals surface area contributed by atoms with Crippen molar-refractivity contribution in [2.75, 3.05) is 26.3 Å². The van der Waals surface area contributed by atoms with Gasteiger partial charge in [-0.25, -0.2) is 0 Å². The van der Waals surface area contributed by atoms with Gasteiger partial charge >= 0.3 is 0 Å². The molecule has 0 unspecified atom stereocenters. The van der Waals surface area contributed by atoms with Crippen LogP contribution in [0.1, 0.15) is 40.0 Å². The Morgan fingerprint density at radius 1 is 1.25 bits per heavy atom. The van der Waals surface area contributed by atoms with Crippen molar-refractivity contribution < 1.29 is 9.47 Å². The lowest BCUT2D eigenvalue weighted by atomic mass is 9.86. The van der Waals surface area contributed by atoms with Gasteiger partial charge in [0.25, 0.3) is 0 Å². The summed E-state index contributed by atoms with van der Waals surface area (Å²) in [5, 5.41) is 0. The van der Waals surface area contributed by atoms with Gasteiger partial charge in [-0.05, 0) is 33.1 Å². The van der Waals surface area contributed by atoms with Crippen molar-refractivity contribution in [1.29, 1.82) is 0 Å². The number of hydrogen-bond acceptors (Lipinski definition) is 3. The van der Waals surface area contributed by atoms with Crippen molar-refractivity contribution in [1.82, 2.24) is 4.90 Å². The second-order valence-corrected chi connectivity index (χ2v) is 5.63. The molecule has 0 spiro atoms. The highest BCUT2D eigenvalue weighted by Gasteiger charge is 2.37. The third kappa shape index (κ3) is 2.96. The van der Waals surface area contributed by atoms with E-state index in [-0.39, 0.29) is 5.60 Å². The van der Waals surface area contributed by atoms with Gasteiger partial charge in [0, 0.05) is 19.1 Å². The lowest BCUT2D eigenvalue weighted by Crippen LogP contribution is -2.53. The maximum absolute atomic E-state index is 6.09. The average molecular weight is 227 g/mol. The number of morpholine rings is 1. The molecule has 94 valence electrons. The Kier molecular flexibility index (Phi) is 3.88. The van der Waals surface area contributed by atoms with Crippen LogP contribution in [-0.4, -0.2) is 49.0 Å². The van der Waals surface area contributed by atoms with Gasteiger partial charge in [0.15, 0.2) is 0 Å². The maximum Gasteiger partial charge on any atom is 0.0627 e. The molecular weight excluding hydrogens is 202 g/mol. The summed E-state index contributed by atoms with van der Waals surface area (Å²) in [7, 11) is 0. The normalized spacial score (nSPS) is 32.4. The fourth-order valence-electron chi connectivity index (χ4n) is 2.41. The molecule has 3 nitrogen and oxygen atoms in total. The lowest BCUT2D eigenvalue weighted by Gasteiger charge is -2.46. The molecule has 1 aliphatic heterocycles. The van der Waals surface area contributed by atoms with Crippen molar-refractivity contribution in [2.24, 2.45) is 0 Å². The summed E-state index contributed by atoms with van der Waals surface area (Å²) < 4.78 is 11.5. The van der Waals surface area contributed by atoms with Crippen molar-refractivity contribution >= 4 is 0 Å². The smallest absolute Gasteiger partial charge is 0.0627 e. The molecule has 0 atom stereocenters. The molecule has 1 saturated heterocycles. The van der Waals surface area contributed by atoms with E-state index < -0.39 is 0 Å². The molecule has 2 fully saturated rings. The van der Waals surface area contributed by atoms with Crippen molar-refractivity contribution in [3.05, 3.63) is 0 Å². The van der Waals surface area contributed by atoms with Gasteiger partial charge in [0.2, 0.25) is 0 Å². The van der Waals surface area contributed by atoms with Gasteiger partial charge in [-0.1, -0.05) is 6.92 Å². The molecule has 0 aromatic carbocycles. The van der Waals surface area contributed by atoms with E-state index in [0.29, 0.717) is 6.10 Å². The Hall–Kier alpha value is -0.120. The second-order valence-electron chi connectivity index (χ2n) is 5.63. The molecule has 2 aliphatic rings. The number of ether oxygens (including phenoxy) is 2. The Morgan fingerprint density at radius 3 is 2.44 bits per heavy atom. The van der Waals surface area contributed by atoms with Crippen LogP contribution in [0.25, 0.3) is 0 Å². The van der Waals surface area contributed by atoms with Gasteiger partial charge in [-0.3, -0.25) is 4.90 Å². The Bertz CT molecular complexity index is 218. The summed E-state index contributed by atoms with van der Waals surface area (Å²) in [5.41, 5.74) is 0.0562. The second kappa shape index (κ2) is 5.03. The highest BCUT2D eigenvalue weighted by molar-refractivity contribution is 4.90. The van der Waals surface area contributed by atoms with Crippen LogP contribution in [0.2, 0.25) is 0 Å². The van der Waals surface area contributed by atoms with Crippen LogP contribution in [-0.2, 0) is 9.47 Å². The van der Waals surface area contributed by atoms with E-state index in [4.69, 9.17) is 9.47 Å². The van der Waals surface area contributed by atoms with E-state index in [1.807, 2.05) is 0 Å². The Morgan fingerprint density at radius 2 is 1.88 bits per heavy atom. The van der Waals surface area contributed by atoms with E-state index in [0.717, 1.165) is 38.8 Å². The van der Waals surface area contributed by atoms with Crippen LogP contribution >= 0.6 is 0 Å². The summed E-state index contributed by atoms with van der Waals surface area (Å²) in [6, 6.07) is 0.751. The molecule has 1 heterocycles. The summed E-state index contributed by atoms with van der Waals surface area (Å²) in [6.45, 7) is 10.6. The first-order valence-corrected chi connectivity index (χ1v) is 6.60. The standard InChI is InChI=1S/C13H25NO2/c1-4-13(2,3)16-12-9-11(10-12)14-5-7-15-8-6-14/h11-12H,4-10H2,1-3H3. The van der Waals surface area contributed by atoms with Crippen molar-refractivity contribution in [3.63, 3.8) is 0 Å². The molecule has 1 saturated carbocycles. The molecular formula is C13H25NO2. The van der Waals surface area contributed by atoms with Crippen molar-refractivity contribution in [2.45, 2.75) is 57.8 Å². The molecule has 0 bridgehead atoms. The monoisotopic (exact) mass is 227 g/mol. The SMILES string of the molecule is CCC(C)(C)OC1CC(N2CCOCC2)C1. The summed E-state index contributed by atoms with van der Waals surface area (Å²) in [5.74, 6) is 0. The minimum Gasteiger partial charge on any atom is -0.379 e. The number of nitrogens with zero attached hydrogens (tertiary/aromatic N) is 1. The summed E-state index contributed by atoms with van der Waals surface area (Å²) in [6.07, 6.45) is 4.00. The quantitative estimate of drug-likeness (QED) is 0.734. The molecule has 0 radical (unpaired) electrons. The third-order valence-corrected chi connectivity index (χ3v) is 3.97. The van der Waals surface area contributed by atoms with E-state index in [1.54, 1.807) is 0 Å². The molecule has 1 aliphatic carbocycles. The molecule has 0 aromatic heterocycles. The fraction of sp³-hybridized carbons (Fsp3) is 1.00. The maximum atomic E-state index is 6.09. The average Bonchev–Trinajstić information content (AvgIpc) is 2.24. The minimum atomic E-state index is 0.0562. The van der Waals surface area contributed by atoms with Crippen LogP contribution in [0.3, 0.4) is 0 Å². The largest absolute Gasteiger partial charge is 0.379 e. The topological polar surface area (TPSA) is 21.7 Å². The Labute approximate surface area is 99.1 Å². The predicted molar refractivity (Wildman–Crippen MR) is 64.7 cm³/mol. The van der Waals surface area contributed by atoms with Crippen LogP contribution in [0.5, 0.6) is 0 Å². The summed E-state index contributed by atoms with van der Waals surface area (Å²) >= 11 is 0. The van der Waals surface area contributed by atoms with Gasteiger partial charge in [0.1, 0.15) is 0 Å². The first-order chi connectivity index (χ1) is 7.61. The zero-order valence-electron chi connectivity index (χ0n) is 10.9. The molecule has 0 amide bonds. The zero-order valence-corrected chi connectivity index (χ0v) is 10.9. The molecule has 2 rings (SSSR count). The van der Waals surface area contributed by atoms with Gasteiger partial charge in [-0.2, -0.15) is 0 Å². The fourth-order valence-corrected chi connectivity index (χ4v) is 2.41. The number of hydrogen-bond donors (Lipinski definition) is 0. The third-order valence-electron chi connectivity index (χ3n) is 3.97. The highest BCUT2D eigenvalue weighted by Crippen LogP contribution is 2.32. The lowest BCUT2D eigenvalue weighted by molar-refractivity contribution is -0.136. The van der Waals surface area contributed by atoms with Crippen molar-refractivity contribution in [3.8, 4) is 0 Å². The van der Waals surface area contributed by atoms with E-state index in [2.05, 4.69) is 25.7 Å². The van der Waals surface area contributed by atoms with Gasteiger partial charge in [0.05, 0.1) is 24.9 Å². The van der Waals surface area contributed by atoms with E-state index in [9.17, 15) is 0 Å². The highest BCUT2D eigenvalue weighted by atomic mass is 16.5. The minimum absolute atomic E-state index is 0.0562. The first-order valence-electron chi connectivity index (χ1n) is 6.60. The molecule has 0 aromatic rings. The number of rotatable bonds is 4. The van der Waals surface area contributed by atoms with E-state index >= 15 is 0 Å². The van der Waals surface area contributed by atoms with Gasteiger partial charge < -0.3 is 9.47 Å². The zero-order chi connectivity index (χ0) is 11.6. The van der Waals surface area contributed by atoms with Gasteiger partial charge in [-0.15, -0.1) is 0 Å². The van der Waals surface area contributed by atoms with Crippen LogP contribution in [0.4, 0.5) is 0 Å². The molecule has 3 heteroatoms. The van der Waals surface area contributed by atoms with E-state index in [1.165, 1.54) is 12.8 Å².